The van der Waals surface area contributed by atoms with Crippen molar-refractivity contribution in [2.45, 2.75) is 13.0 Å². The summed E-state index contributed by atoms with van der Waals surface area (Å²) in [6.45, 7) is 0.581. The molecule has 94 valence electrons. The molecule has 0 amide bonds. The quantitative estimate of drug-likeness (QED) is 0.608. The summed E-state index contributed by atoms with van der Waals surface area (Å²) in [6.07, 6.45) is 0.240. The zero-order valence-corrected chi connectivity index (χ0v) is 10.4. The molecule has 3 nitrogen and oxygen atoms in total. The third-order valence-corrected chi connectivity index (χ3v) is 3.03. The van der Waals surface area contributed by atoms with Crippen LogP contribution in [0.3, 0.4) is 0 Å². The maximum Gasteiger partial charge on any atom is 0.317 e. The second-order valence-corrected chi connectivity index (χ2v) is 4.40. The molecule has 0 fully saturated rings. The van der Waals surface area contributed by atoms with Crippen LogP contribution in [0.15, 0.2) is 59.6 Å². The number of carbonyl (C=O) groups is 1. The van der Waals surface area contributed by atoms with Crippen LogP contribution in [0.2, 0.25) is 0 Å². The number of para-hydroxylation sites is 1. The van der Waals surface area contributed by atoms with Gasteiger partial charge in [-0.25, -0.2) is 0 Å². The standard InChI is InChI=1S/C16H13NO2/c18-16-10-14(13-8-4-5-9-15(13)19-16)17-11-12-6-2-1-3-7-12/h1-9H,10-11H2. The second-order valence-electron chi connectivity index (χ2n) is 4.40. The minimum Gasteiger partial charge on any atom is -0.426 e. The highest BCUT2D eigenvalue weighted by molar-refractivity contribution is 6.13. The Morgan fingerprint density at radius 2 is 1.74 bits per heavy atom. The molecule has 3 rings (SSSR count). The number of rotatable bonds is 2. The van der Waals surface area contributed by atoms with Crippen LogP contribution in [0.4, 0.5) is 0 Å². The van der Waals surface area contributed by atoms with Crippen molar-refractivity contribution in [3.8, 4) is 5.75 Å². The van der Waals surface area contributed by atoms with Crippen LogP contribution in [-0.4, -0.2) is 11.7 Å². The molecular formula is C16H13NO2. The molecule has 2 aromatic carbocycles. The molecule has 0 N–H and O–H groups in total. The molecule has 0 unspecified atom stereocenters. The Hall–Kier alpha value is -2.42. The van der Waals surface area contributed by atoms with Gasteiger partial charge in [0, 0.05) is 5.56 Å². The molecule has 0 saturated carbocycles. The lowest BCUT2D eigenvalue weighted by molar-refractivity contribution is -0.133. The molecule has 1 aliphatic rings. The van der Waals surface area contributed by atoms with Crippen molar-refractivity contribution < 1.29 is 9.53 Å². The molecule has 3 heteroatoms. The normalized spacial score (nSPS) is 16.0. The van der Waals surface area contributed by atoms with E-state index in [4.69, 9.17) is 4.74 Å². The van der Waals surface area contributed by atoms with Crippen molar-refractivity contribution in [1.82, 2.24) is 0 Å². The summed E-state index contributed by atoms with van der Waals surface area (Å²) in [4.78, 5) is 16.1. The first-order valence-electron chi connectivity index (χ1n) is 6.20. The Kier molecular flexibility index (Phi) is 3.11. The molecule has 2 aromatic rings. The van der Waals surface area contributed by atoms with Crippen molar-refractivity contribution in [2.75, 3.05) is 0 Å². The van der Waals surface area contributed by atoms with E-state index in [1.807, 2.05) is 48.5 Å². The minimum absolute atomic E-state index is 0.240. The van der Waals surface area contributed by atoms with Crippen LogP contribution in [0, 0.1) is 0 Å². The summed E-state index contributed by atoms with van der Waals surface area (Å²) in [5, 5.41) is 0. The van der Waals surface area contributed by atoms with E-state index in [9.17, 15) is 4.79 Å². The first-order chi connectivity index (χ1) is 9.33. The van der Waals surface area contributed by atoms with E-state index in [0.717, 1.165) is 16.8 Å². The molecule has 19 heavy (non-hydrogen) atoms. The SMILES string of the molecule is O=C1CC(=NCc2ccccc2)c2ccccc2O1. The zero-order chi connectivity index (χ0) is 13.1. The summed E-state index contributed by atoms with van der Waals surface area (Å²) in [6, 6.07) is 17.5. The van der Waals surface area contributed by atoms with Crippen LogP contribution in [-0.2, 0) is 11.3 Å². The highest BCUT2D eigenvalue weighted by Gasteiger charge is 2.22. The maximum absolute atomic E-state index is 11.5. The Bertz CT molecular complexity index is 632. The van der Waals surface area contributed by atoms with E-state index in [1.54, 1.807) is 6.07 Å². The summed E-state index contributed by atoms with van der Waals surface area (Å²) < 4.78 is 5.19. The van der Waals surface area contributed by atoms with Gasteiger partial charge in [-0.15, -0.1) is 0 Å². The van der Waals surface area contributed by atoms with Crippen LogP contribution >= 0.6 is 0 Å². The number of hydrogen-bond donors (Lipinski definition) is 0. The Morgan fingerprint density at radius 1 is 1.00 bits per heavy atom. The second kappa shape index (κ2) is 5.06. The van der Waals surface area contributed by atoms with Crippen LogP contribution < -0.4 is 4.74 Å². The van der Waals surface area contributed by atoms with Crippen molar-refractivity contribution >= 4 is 11.7 Å². The average Bonchev–Trinajstić information content (AvgIpc) is 2.45. The average molecular weight is 251 g/mol. The van der Waals surface area contributed by atoms with E-state index in [2.05, 4.69) is 4.99 Å². The lowest BCUT2D eigenvalue weighted by atomic mass is 10.0. The summed E-state index contributed by atoms with van der Waals surface area (Å²) >= 11 is 0. The highest BCUT2D eigenvalue weighted by atomic mass is 16.5. The van der Waals surface area contributed by atoms with E-state index in [-0.39, 0.29) is 12.4 Å². The van der Waals surface area contributed by atoms with E-state index in [1.165, 1.54) is 0 Å². The number of esters is 1. The van der Waals surface area contributed by atoms with Gasteiger partial charge >= 0.3 is 5.97 Å². The maximum atomic E-state index is 11.5. The van der Waals surface area contributed by atoms with Gasteiger partial charge in [-0.2, -0.15) is 0 Å². The Balaban J connectivity index is 1.90. The third-order valence-electron chi connectivity index (χ3n) is 3.03. The van der Waals surface area contributed by atoms with Gasteiger partial charge < -0.3 is 4.74 Å². The number of benzene rings is 2. The predicted molar refractivity (Wildman–Crippen MR) is 73.4 cm³/mol. The molecule has 0 spiro atoms. The minimum atomic E-state index is -0.245. The zero-order valence-electron chi connectivity index (χ0n) is 10.4. The number of carbonyl (C=O) groups excluding carboxylic acids is 1. The van der Waals surface area contributed by atoms with Crippen LogP contribution in [0.25, 0.3) is 0 Å². The van der Waals surface area contributed by atoms with E-state index >= 15 is 0 Å². The topological polar surface area (TPSA) is 38.7 Å². The van der Waals surface area contributed by atoms with Gasteiger partial charge in [-0.1, -0.05) is 42.5 Å². The Labute approximate surface area is 111 Å². The van der Waals surface area contributed by atoms with Gasteiger partial charge in [-0.05, 0) is 17.7 Å². The molecule has 1 heterocycles. The lowest BCUT2D eigenvalue weighted by Crippen LogP contribution is -2.22. The molecule has 0 bridgehead atoms. The van der Waals surface area contributed by atoms with Crippen molar-refractivity contribution in [3.63, 3.8) is 0 Å². The molecular weight excluding hydrogens is 238 g/mol. The predicted octanol–water partition coefficient (Wildman–Crippen LogP) is 2.99. The molecule has 0 aliphatic carbocycles. The van der Waals surface area contributed by atoms with Gasteiger partial charge in [0.1, 0.15) is 5.75 Å². The van der Waals surface area contributed by atoms with Crippen molar-refractivity contribution in [2.24, 2.45) is 4.99 Å². The van der Waals surface area contributed by atoms with Gasteiger partial charge in [0.25, 0.3) is 0 Å². The summed E-state index contributed by atoms with van der Waals surface area (Å²) in [7, 11) is 0. The Morgan fingerprint density at radius 3 is 2.58 bits per heavy atom. The number of nitrogens with zero attached hydrogens (tertiary/aromatic N) is 1. The highest BCUT2D eigenvalue weighted by Crippen LogP contribution is 2.25. The van der Waals surface area contributed by atoms with Crippen LogP contribution in [0.1, 0.15) is 17.5 Å². The van der Waals surface area contributed by atoms with Crippen molar-refractivity contribution in [3.05, 3.63) is 65.7 Å². The number of ether oxygens (including phenoxy) is 1. The van der Waals surface area contributed by atoms with E-state index < -0.39 is 0 Å². The van der Waals surface area contributed by atoms with Gasteiger partial charge in [-0.3, -0.25) is 9.79 Å². The molecule has 0 aromatic heterocycles. The fourth-order valence-corrected chi connectivity index (χ4v) is 2.10. The lowest BCUT2D eigenvalue weighted by Gasteiger charge is -2.17. The molecule has 0 atom stereocenters. The largest absolute Gasteiger partial charge is 0.426 e. The summed E-state index contributed by atoms with van der Waals surface area (Å²) in [5.74, 6) is 0.357. The first kappa shape index (κ1) is 11.7. The third kappa shape index (κ3) is 2.55. The monoisotopic (exact) mass is 251 g/mol. The van der Waals surface area contributed by atoms with E-state index in [0.29, 0.717) is 12.3 Å². The number of hydrogen-bond acceptors (Lipinski definition) is 3. The number of aliphatic imine (C=N–C) groups is 1. The first-order valence-corrected chi connectivity index (χ1v) is 6.20. The molecule has 0 radical (unpaired) electrons. The fourth-order valence-electron chi connectivity index (χ4n) is 2.10. The molecule has 1 aliphatic heterocycles. The fraction of sp³-hybridized carbons (Fsp3) is 0.125. The van der Waals surface area contributed by atoms with Crippen molar-refractivity contribution in [1.29, 1.82) is 0 Å². The number of fused-ring (bicyclic) bond motifs is 1. The summed E-state index contributed by atoms with van der Waals surface area (Å²) in [5.41, 5.74) is 2.85. The van der Waals surface area contributed by atoms with Gasteiger partial charge in [0.2, 0.25) is 0 Å². The van der Waals surface area contributed by atoms with Gasteiger partial charge in [0.15, 0.2) is 0 Å². The smallest absolute Gasteiger partial charge is 0.317 e. The molecule has 0 saturated heterocycles. The van der Waals surface area contributed by atoms with Crippen LogP contribution in [0.5, 0.6) is 5.75 Å². The van der Waals surface area contributed by atoms with Gasteiger partial charge in [0.05, 0.1) is 18.7 Å².